The van der Waals surface area contributed by atoms with E-state index in [0.717, 1.165) is 63.8 Å². The quantitative estimate of drug-likeness (QED) is 0.426. The van der Waals surface area contributed by atoms with E-state index in [9.17, 15) is 4.79 Å². The summed E-state index contributed by atoms with van der Waals surface area (Å²) in [6.07, 6.45) is 20.5. The summed E-state index contributed by atoms with van der Waals surface area (Å²) in [5.41, 5.74) is 1.19. The Kier molecular flexibility index (Phi) is 13.9. The molecule has 5 nitrogen and oxygen atoms in total. The molecule has 1 aliphatic heterocycles. The molecule has 4 rings (SSSR count). The first-order valence-corrected chi connectivity index (χ1v) is 11.5. The smallest absolute Gasteiger partial charge is 0.495 e. The molecule has 1 N–H and O–H groups in total. The van der Waals surface area contributed by atoms with Crippen molar-refractivity contribution in [2.24, 2.45) is 0 Å². The van der Waals surface area contributed by atoms with Crippen molar-refractivity contribution in [2.45, 2.75) is 19.3 Å². The molecule has 1 aromatic carbocycles. The molecule has 6 heteroatoms. The van der Waals surface area contributed by atoms with Gasteiger partial charge in [-0.15, -0.1) is 0 Å². The van der Waals surface area contributed by atoms with E-state index in [1.54, 1.807) is 7.11 Å². The third-order valence-corrected chi connectivity index (χ3v) is 5.67. The third kappa shape index (κ3) is 10.3. The number of benzene rings is 1. The Morgan fingerprint density at radius 2 is 1.55 bits per heavy atom. The van der Waals surface area contributed by atoms with Crippen LogP contribution in [0.1, 0.15) is 19.3 Å². The standard InChI is InChI=1S/C22H30N3O2.C5H5.Fe/c1-27-21-11-5-4-10-20(21)25-16-14-24(15-17-25)13-7-6-12-23-22(26)18-19-8-2-3-9-19;1-2-4-5-3-1;/h2-5,8-11H,6-7,12-18H2,1H3,(H,23,26);1-5H;/q;;+2. The van der Waals surface area contributed by atoms with Gasteiger partial charge in [0.1, 0.15) is 5.75 Å². The summed E-state index contributed by atoms with van der Waals surface area (Å²) < 4.78 is 5.48. The van der Waals surface area contributed by atoms with Crippen molar-refractivity contribution >= 4 is 11.6 Å². The summed E-state index contributed by atoms with van der Waals surface area (Å²) in [4.78, 5) is 16.8. The van der Waals surface area contributed by atoms with Crippen LogP contribution in [0.4, 0.5) is 5.69 Å². The molecule has 10 radical (unpaired) electrons. The average Bonchev–Trinajstić information content (AvgIpc) is 3.57. The van der Waals surface area contributed by atoms with Gasteiger partial charge >= 0.3 is 17.1 Å². The van der Waals surface area contributed by atoms with Crippen molar-refractivity contribution in [1.82, 2.24) is 10.2 Å². The SMILES string of the molecule is COc1ccccc1N1CCN(CCCCNC(=O)C[C]2[CH][CH][CH][CH]2)CC1.[CH]1[CH][CH][CH][CH]1.[Fe+2]. The van der Waals surface area contributed by atoms with E-state index in [1.165, 1.54) is 5.69 Å². The van der Waals surface area contributed by atoms with E-state index in [1.807, 2.05) is 69.9 Å². The Morgan fingerprint density at radius 3 is 2.18 bits per heavy atom. The van der Waals surface area contributed by atoms with E-state index in [0.29, 0.717) is 6.42 Å². The second kappa shape index (κ2) is 16.4. The van der Waals surface area contributed by atoms with E-state index in [-0.39, 0.29) is 23.0 Å². The zero-order valence-electron chi connectivity index (χ0n) is 19.4. The van der Waals surface area contributed by atoms with E-state index in [4.69, 9.17) is 4.74 Å². The van der Waals surface area contributed by atoms with Gasteiger partial charge in [0.15, 0.2) is 0 Å². The Hall–Kier alpha value is -1.23. The van der Waals surface area contributed by atoms with Crippen LogP contribution in [0.5, 0.6) is 5.75 Å². The number of hydrogen-bond acceptors (Lipinski definition) is 4. The van der Waals surface area contributed by atoms with Gasteiger partial charge in [-0.25, -0.2) is 0 Å². The summed E-state index contributed by atoms with van der Waals surface area (Å²) in [7, 11) is 1.73. The predicted octanol–water partition coefficient (Wildman–Crippen LogP) is 3.53. The number of methoxy groups -OCH3 is 1. The van der Waals surface area contributed by atoms with Crippen molar-refractivity contribution in [2.75, 3.05) is 51.3 Å². The normalized spacial score (nSPS) is 18.9. The third-order valence-electron chi connectivity index (χ3n) is 5.67. The molecule has 3 fully saturated rings. The van der Waals surface area contributed by atoms with Crippen LogP contribution in [0, 0.1) is 63.7 Å². The number of nitrogens with one attached hydrogen (secondary N) is 1. The van der Waals surface area contributed by atoms with Crippen molar-refractivity contribution in [3.8, 4) is 5.75 Å². The zero-order chi connectivity index (χ0) is 22.4. The van der Waals surface area contributed by atoms with Crippen LogP contribution >= 0.6 is 0 Å². The first-order valence-electron chi connectivity index (χ1n) is 11.5. The van der Waals surface area contributed by atoms with Crippen LogP contribution in [-0.4, -0.2) is 57.2 Å². The van der Waals surface area contributed by atoms with E-state index < -0.39 is 0 Å². The van der Waals surface area contributed by atoms with Gasteiger partial charge in [-0.05, 0) is 95.2 Å². The molecule has 176 valence electrons. The van der Waals surface area contributed by atoms with Crippen LogP contribution in [-0.2, 0) is 21.9 Å². The monoisotopic (exact) mass is 489 g/mol. The summed E-state index contributed by atoms with van der Waals surface area (Å²) in [6.45, 7) is 6.05. The minimum atomic E-state index is 0. The number of nitrogens with zero attached hydrogens (tertiary/aromatic N) is 2. The van der Waals surface area contributed by atoms with Crippen LogP contribution in [0.3, 0.4) is 0 Å². The molecule has 0 bridgehead atoms. The maximum absolute atomic E-state index is 11.9. The van der Waals surface area contributed by atoms with Gasteiger partial charge in [-0.3, -0.25) is 9.69 Å². The Labute approximate surface area is 212 Å². The molecular weight excluding hydrogens is 454 g/mol. The van der Waals surface area contributed by atoms with E-state index >= 15 is 0 Å². The van der Waals surface area contributed by atoms with Gasteiger partial charge in [-0.2, -0.15) is 0 Å². The number of carbonyl (C=O) groups is 1. The molecule has 2 saturated carbocycles. The summed E-state index contributed by atoms with van der Waals surface area (Å²) >= 11 is 0. The van der Waals surface area contributed by atoms with Gasteiger partial charge in [0, 0.05) is 39.1 Å². The average molecular weight is 489 g/mol. The fourth-order valence-electron chi connectivity index (χ4n) is 3.89. The van der Waals surface area contributed by atoms with Crippen molar-refractivity contribution in [1.29, 1.82) is 0 Å². The number of amides is 1. The largest absolute Gasteiger partial charge is 2.00 e. The number of carbonyl (C=O) groups excluding carboxylic acids is 1. The molecule has 0 unspecified atom stereocenters. The zero-order valence-corrected chi connectivity index (χ0v) is 20.5. The fraction of sp³-hybridized carbons (Fsp3) is 0.370. The number of hydrogen-bond donors (Lipinski definition) is 1. The fourth-order valence-corrected chi connectivity index (χ4v) is 3.89. The van der Waals surface area contributed by atoms with Gasteiger partial charge in [0.25, 0.3) is 0 Å². The van der Waals surface area contributed by atoms with Crippen molar-refractivity contribution in [3.63, 3.8) is 0 Å². The molecular formula is C27H35FeN3O2+2. The number of para-hydroxylation sites is 2. The second-order valence-corrected chi connectivity index (χ2v) is 7.99. The van der Waals surface area contributed by atoms with E-state index in [2.05, 4.69) is 27.2 Å². The van der Waals surface area contributed by atoms with Gasteiger partial charge in [0.2, 0.25) is 5.91 Å². The maximum Gasteiger partial charge on any atom is 2.00 e. The molecule has 2 aliphatic carbocycles. The molecule has 3 aliphatic rings. The maximum atomic E-state index is 11.9. The summed E-state index contributed by atoms with van der Waals surface area (Å²) in [5.74, 6) is 2.15. The van der Waals surface area contributed by atoms with Crippen LogP contribution < -0.4 is 15.0 Å². The molecule has 1 aromatic rings. The first-order chi connectivity index (χ1) is 15.8. The predicted molar refractivity (Wildman–Crippen MR) is 130 cm³/mol. The molecule has 0 spiro atoms. The molecule has 1 amide bonds. The number of unbranched alkanes of at least 4 members (excludes halogenated alkanes) is 1. The molecule has 0 aromatic heterocycles. The Morgan fingerprint density at radius 1 is 0.909 bits per heavy atom. The van der Waals surface area contributed by atoms with Crippen molar-refractivity contribution < 1.29 is 26.6 Å². The topological polar surface area (TPSA) is 44.8 Å². The number of piperazine rings is 1. The minimum absolute atomic E-state index is 0. The van der Waals surface area contributed by atoms with Crippen LogP contribution in [0.25, 0.3) is 0 Å². The number of anilines is 1. The molecule has 1 saturated heterocycles. The van der Waals surface area contributed by atoms with Crippen LogP contribution in [0.15, 0.2) is 24.3 Å². The van der Waals surface area contributed by atoms with Gasteiger partial charge in [0.05, 0.1) is 12.8 Å². The first kappa shape index (κ1) is 28.0. The van der Waals surface area contributed by atoms with Gasteiger partial charge in [-0.1, -0.05) is 12.1 Å². The minimum Gasteiger partial charge on any atom is -0.495 e. The molecule has 33 heavy (non-hydrogen) atoms. The molecule has 0 atom stereocenters. The number of ether oxygens (including phenoxy) is 1. The second-order valence-electron chi connectivity index (χ2n) is 7.99. The summed E-state index contributed by atoms with van der Waals surface area (Å²) in [6, 6.07) is 8.23. The Balaban J connectivity index is 0.000000568. The van der Waals surface area contributed by atoms with Gasteiger partial charge < -0.3 is 15.0 Å². The number of rotatable bonds is 9. The van der Waals surface area contributed by atoms with Crippen LogP contribution in [0.2, 0.25) is 0 Å². The molecule has 1 heterocycles. The summed E-state index contributed by atoms with van der Waals surface area (Å²) in [5, 5.41) is 3.02. The Bertz CT molecular complexity index is 647. The van der Waals surface area contributed by atoms with Crippen molar-refractivity contribution in [3.05, 3.63) is 88.0 Å².